The first kappa shape index (κ1) is 14.4. The molecule has 0 saturated carbocycles. The van der Waals surface area contributed by atoms with E-state index < -0.39 is 6.10 Å². The van der Waals surface area contributed by atoms with Crippen molar-refractivity contribution in [3.05, 3.63) is 29.8 Å². The summed E-state index contributed by atoms with van der Waals surface area (Å²) in [5, 5.41) is 8.73. The first-order chi connectivity index (χ1) is 9.60. The molecule has 1 saturated heterocycles. The number of nitriles is 1. The Morgan fingerprint density at radius 2 is 1.85 bits per heavy atom. The highest BCUT2D eigenvalue weighted by molar-refractivity contribution is 5.81. The largest absolute Gasteiger partial charge is 0.481 e. The van der Waals surface area contributed by atoms with Crippen molar-refractivity contribution >= 4 is 5.91 Å². The molecule has 0 radical (unpaired) electrons. The van der Waals surface area contributed by atoms with E-state index in [-0.39, 0.29) is 5.91 Å². The van der Waals surface area contributed by atoms with E-state index in [9.17, 15) is 4.79 Å². The molecule has 0 spiro atoms. The molecule has 1 aliphatic rings. The van der Waals surface area contributed by atoms with Gasteiger partial charge in [-0.2, -0.15) is 5.26 Å². The average Bonchev–Trinajstić information content (AvgIpc) is 2.48. The lowest BCUT2D eigenvalue weighted by Gasteiger charge is -2.33. The molecule has 5 heteroatoms. The number of benzene rings is 1. The molecule has 106 valence electrons. The van der Waals surface area contributed by atoms with Crippen LogP contribution in [0.15, 0.2) is 24.3 Å². The Bertz CT molecular complexity index is 499. The topological polar surface area (TPSA) is 56.6 Å². The molecule has 1 amide bonds. The van der Waals surface area contributed by atoms with Gasteiger partial charge in [0.2, 0.25) is 0 Å². The van der Waals surface area contributed by atoms with Gasteiger partial charge in [0.1, 0.15) is 5.75 Å². The standard InChI is InChI=1S/C15H19N3O2/c1-12(15(19)18-9-7-17(2)8-10-18)20-14-5-3-13(11-16)4-6-14/h3-6,12H,7-10H2,1-2H3. The number of hydrogen-bond acceptors (Lipinski definition) is 4. The quantitative estimate of drug-likeness (QED) is 0.827. The molecule has 1 aromatic rings. The molecule has 1 fully saturated rings. The molecule has 5 nitrogen and oxygen atoms in total. The van der Waals surface area contributed by atoms with E-state index in [0.29, 0.717) is 11.3 Å². The van der Waals surface area contributed by atoms with Gasteiger partial charge in [-0.05, 0) is 38.2 Å². The Hall–Kier alpha value is -2.06. The normalized spacial score (nSPS) is 17.4. The summed E-state index contributed by atoms with van der Waals surface area (Å²) in [6, 6.07) is 8.85. The van der Waals surface area contributed by atoms with Gasteiger partial charge in [0, 0.05) is 26.2 Å². The molecule has 1 heterocycles. The first-order valence-electron chi connectivity index (χ1n) is 6.74. The van der Waals surface area contributed by atoms with E-state index in [0.717, 1.165) is 26.2 Å². The van der Waals surface area contributed by atoms with Gasteiger partial charge in [-0.15, -0.1) is 0 Å². The number of amides is 1. The fourth-order valence-electron chi connectivity index (χ4n) is 2.15. The average molecular weight is 273 g/mol. The second kappa shape index (κ2) is 6.40. The van der Waals surface area contributed by atoms with Crippen molar-refractivity contribution in [1.82, 2.24) is 9.80 Å². The zero-order chi connectivity index (χ0) is 14.5. The van der Waals surface area contributed by atoms with Crippen molar-refractivity contribution in [2.45, 2.75) is 13.0 Å². The molecule has 0 bridgehead atoms. The van der Waals surface area contributed by atoms with Gasteiger partial charge in [-0.1, -0.05) is 0 Å². The van der Waals surface area contributed by atoms with Crippen LogP contribution in [0.2, 0.25) is 0 Å². The summed E-state index contributed by atoms with van der Waals surface area (Å²) >= 11 is 0. The van der Waals surface area contributed by atoms with E-state index in [1.54, 1.807) is 31.2 Å². The maximum Gasteiger partial charge on any atom is 0.263 e. The number of likely N-dealkylation sites (N-methyl/N-ethyl adjacent to an activating group) is 1. The van der Waals surface area contributed by atoms with Gasteiger partial charge in [-0.3, -0.25) is 4.79 Å². The first-order valence-corrected chi connectivity index (χ1v) is 6.74. The molecule has 20 heavy (non-hydrogen) atoms. The number of carbonyl (C=O) groups excluding carboxylic acids is 1. The highest BCUT2D eigenvalue weighted by atomic mass is 16.5. The van der Waals surface area contributed by atoms with Gasteiger partial charge < -0.3 is 14.5 Å². The van der Waals surface area contributed by atoms with Crippen LogP contribution in [0, 0.1) is 11.3 Å². The maximum atomic E-state index is 12.3. The summed E-state index contributed by atoms with van der Waals surface area (Å²) in [4.78, 5) is 16.3. The van der Waals surface area contributed by atoms with Crippen molar-refractivity contribution in [3.63, 3.8) is 0 Å². The molecule has 1 aromatic carbocycles. The van der Waals surface area contributed by atoms with Crippen molar-refractivity contribution in [2.24, 2.45) is 0 Å². The third-order valence-electron chi connectivity index (χ3n) is 3.46. The third kappa shape index (κ3) is 3.49. The summed E-state index contributed by atoms with van der Waals surface area (Å²) in [6.07, 6.45) is -0.508. The zero-order valence-electron chi connectivity index (χ0n) is 11.9. The number of ether oxygens (including phenoxy) is 1. The number of carbonyl (C=O) groups is 1. The number of nitrogens with zero attached hydrogens (tertiary/aromatic N) is 3. The SMILES string of the molecule is CC(Oc1ccc(C#N)cc1)C(=O)N1CCN(C)CC1. The van der Waals surface area contributed by atoms with Crippen LogP contribution in [-0.4, -0.2) is 55.0 Å². The van der Waals surface area contributed by atoms with Gasteiger partial charge in [0.25, 0.3) is 5.91 Å². The monoisotopic (exact) mass is 273 g/mol. The van der Waals surface area contributed by atoms with E-state index in [4.69, 9.17) is 10.00 Å². The Kier molecular flexibility index (Phi) is 4.59. The highest BCUT2D eigenvalue weighted by Gasteiger charge is 2.24. The van der Waals surface area contributed by atoms with Crippen molar-refractivity contribution in [2.75, 3.05) is 33.2 Å². The fraction of sp³-hybridized carbons (Fsp3) is 0.467. The lowest BCUT2D eigenvalue weighted by molar-refractivity contribution is -0.139. The van der Waals surface area contributed by atoms with Crippen LogP contribution in [0.5, 0.6) is 5.75 Å². The lowest BCUT2D eigenvalue weighted by Crippen LogP contribution is -2.50. The fourth-order valence-corrected chi connectivity index (χ4v) is 2.15. The highest BCUT2D eigenvalue weighted by Crippen LogP contribution is 2.14. The van der Waals surface area contributed by atoms with Gasteiger partial charge >= 0.3 is 0 Å². The van der Waals surface area contributed by atoms with Crippen LogP contribution in [-0.2, 0) is 4.79 Å². The Balaban J connectivity index is 1.91. The number of rotatable bonds is 3. The molecule has 0 aliphatic carbocycles. The number of piperazine rings is 1. The summed E-state index contributed by atoms with van der Waals surface area (Å²) in [5.41, 5.74) is 0.579. The molecular weight excluding hydrogens is 254 g/mol. The van der Waals surface area contributed by atoms with Crippen LogP contribution in [0.4, 0.5) is 0 Å². The minimum absolute atomic E-state index is 0.0162. The predicted molar refractivity (Wildman–Crippen MR) is 75.3 cm³/mol. The van der Waals surface area contributed by atoms with E-state index in [1.165, 1.54) is 0 Å². The maximum absolute atomic E-state index is 12.3. The van der Waals surface area contributed by atoms with Crippen LogP contribution in [0.3, 0.4) is 0 Å². The predicted octanol–water partition coefficient (Wildman–Crippen LogP) is 1.10. The second-order valence-electron chi connectivity index (χ2n) is 5.02. The van der Waals surface area contributed by atoms with Crippen LogP contribution < -0.4 is 4.74 Å². The minimum atomic E-state index is -0.508. The number of hydrogen-bond donors (Lipinski definition) is 0. The second-order valence-corrected chi connectivity index (χ2v) is 5.02. The van der Waals surface area contributed by atoms with Crippen molar-refractivity contribution in [3.8, 4) is 11.8 Å². The van der Waals surface area contributed by atoms with Gasteiger partial charge in [0.15, 0.2) is 6.10 Å². The molecular formula is C15H19N3O2. The summed E-state index contributed by atoms with van der Waals surface area (Å²) in [5.74, 6) is 0.626. The summed E-state index contributed by atoms with van der Waals surface area (Å²) in [6.45, 7) is 5.05. The lowest BCUT2D eigenvalue weighted by atomic mass is 10.2. The zero-order valence-corrected chi connectivity index (χ0v) is 11.9. The molecule has 0 aromatic heterocycles. The molecule has 1 aliphatic heterocycles. The molecule has 2 rings (SSSR count). The smallest absolute Gasteiger partial charge is 0.263 e. The Morgan fingerprint density at radius 3 is 2.40 bits per heavy atom. The molecule has 1 unspecified atom stereocenters. The van der Waals surface area contributed by atoms with Crippen LogP contribution in [0.25, 0.3) is 0 Å². The Labute approximate surface area is 119 Å². The minimum Gasteiger partial charge on any atom is -0.481 e. The third-order valence-corrected chi connectivity index (χ3v) is 3.46. The van der Waals surface area contributed by atoms with Crippen molar-refractivity contribution < 1.29 is 9.53 Å². The summed E-state index contributed by atoms with van der Waals surface area (Å²) in [7, 11) is 2.05. The molecule has 1 atom stereocenters. The van der Waals surface area contributed by atoms with Gasteiger partial charge in [0.05, 0.1) is 11.6 Å². The van der Waals surface area contributed by atoms with Crippen molar-refractivity contribution in [1.29, 1.82) is 5.26 Å². The van der Waals surface area contributed by atoms with E-state index in [2.05, 4.69) is 18.0 Å². The van der Waals surface area contributed by atoms with Crippen LogP contribution >= 0.6 is 0 Å². The molecule has 0 N–H and O–H groups in total. The van der Waals surface area contributed by atoms with Crippen LogP contribution in [0.1, 0.15) is 12.5 Å². The summed E-state index contributed by atoms with van der Waals surface area (Å²) < 4.78 is 5.64. The van der Waals surface area contributed by atoms with E-state index in [1.807, 2.05) is 4.90 Å². The Morgan fingerprint density at radius 1 is 1.25 bits per heavy atom. The van der Waals surface area contributed by atoms with E-state index >= 15 is 0 Å². The van der Waals surface area contributed by atoms with Gasteiger partial charge in [-0.25, -0.2) is 0 Å².